The van der Waals surface area contributed by atoms with Crippen LogP contribution in [0.2, 0.25) is 10.0 Å². The van der Waals surface area contributed by atoms with Gasteiger partial charge in [0.1, 0.15) is 0 Å². The third-order valence-electron chi connectivity index (χ3n) is 3.39. The van der Waals surface area contributed by atoms with Crippen LogP contribution in [0.1, 0.15) is 22.8 Å². The summed E-state index contributed by atoms with van der Waals surface area (Å²) < 4.78 is 10.7. The third-order valence-corrected chi connectivity index (χ3v) is 3.93. The Balaban J connectivity index is 2.01. The van der Waals surface area contributed by atoms with Crippen LogP contribution in [0, 0.1) is 0 Å². The van der Waals surface area contributed by atoms with Crippen LogP contribution >= 0.6 is 23.2 Å². The van der Waals surface area contributed by atoms with Crippen molar-refractivity contribution in [2.24, 2.45) is 0 Å². The number of amides is 1. The molecule has 128 valence electrons. The number of benzene rings is 2. The summed E-state index contributed by atoms with van der Waals surface area (Å²) in [5.41, 5.74) is 1.53. The molecular formula is C18H19Cl2NO3. The van der Waals surface area contributed by atoms with E-state index in [2.05, 4.69) is 5.32 Å². The van der Waals surface area contributed by atoms with E-state index in [1.54, 1.807) is 12.1 Å². The highest BCUT2D eigenvalue weighted by Gasteiger charge is 2.15. The fourth-order valence-corrected chi connectivity index (χ4v) is 2.60. The summed E-state index contributed by atoms with van der Waals surface area (Å²) >= 11 is 12.0. The molecule has 4 nitrogen and oxygen atoms in total. The summed E-state index contributed by atoms with van der Waals surface area (Å²) in [5, 5.41) is 3.90. The van der Waals surface area contributed by atoms with Crippen molar-refractivity contribution >= 4 is 29.1 Å². The van der Waals surface area contributed by atoms with Crippen LogP contribution in [-0.4, -0.2) is 26.2 Å². The molecule has 0 unspecified atom stereocenters. The Morgan fingerprint density at radius 2 is 1.88 bits per heavy atom. The fraction of sp³-hybridized carbons (Fsp3) is 0.278. The van der Waals surface area contributed by atoms with Crippen LogP contribution in [0.3, 0.4) is 0 Å². The van der Waals surface area contributed by atoms with Crippen LogP contribution in [-0.2, 0) is 6.42 Å². The second-order valence-corrected chi connectivity index (χ2v) is 5.90. The zero-order chi connectivity index (χ0) is 17.5. The predicted octanol–water partition coefficient (Wildman–Crippen LogP) is 4.37. The van der Waals surface area contributed by atoms with Gasteiger partial charge in [-0.25, -0.2) is 0 Å². The molecule has 2 aromatic carbocycles. The number of carbonyl (C=O) groups is 1. The van der Waals surface area contributed by atoms with Gasteiger partial charge in [0.25, 0.3) is 5.91 Å². The molecule has 1 N–H and O–H groups in total. The number of nitrogens with one attached hydrogen (secondary N) is 1. The van der Waals surface area contributed by atoms with E-state index < -0.39 is 0 Å². The Hall–Kier alpha value is -1.91. The fourth-order valence-electron chi connectivity index (χ4n) is 2.21. The Bertz CT molecular complexity index is 702. The van der Waals surface area contributed by atoms with Gasteiger partial charge in [-0.3, -0.25) is 4.79 Å². The molecule has 0 spiro atoms. The molecule has 24 heavy (non-hydrogen) atoms. The quantitative estimate of drug-likeness (QED) is 0.789. The minimum absolute atomic E-state index is 0.216. The molecule has 0 fully saturated rings. The van der Waals surface area contributed by atoms with Crippen molar-refractivity contribution in [3.05, 3.63) is 57.6 Å². The molecule has 0 saturated carbocycles. The molecule has 0 heterocycles. The molecule has 0 aliphatic rings. The first-order valence-corrected chi connectivity index (χ1v) is 8.33. The number of hydrogen-bond acceptors (Lipinski definition) is 3. The molecule has 0 saturated heterocycles. The first-order chi connectivity index (χ1) is 11.5. The van der Waals surface area contributed by atoms with Gasteiger partial charge in [-0.2, -0.15) is 0 Å². The maximum Gasteiger partial charge on any atom is 0.251 e. The Kier molecular flexibility index (Phi) is 6.76. The summed E-state index contributed by atoms with van der Waals surface area (Å²) in [6, 6.07) is 10.7. The van der Waals surface area contributed by atoms with Crippen molar-refractivity contribution in [2.75, 3.05) is 20.3 Å². The van der Waals surface area contributed by atoms with Crippen molar-refractivity contribution in [1.29, 1.82) is 0 Å². The topological polar surface area (TPSA) is 47.6 Å². The van der Waals surface area contributed by atoms with Crippen LogP contribution in [0.15, 0.2) is 36.4 Å². The second-order valence-electron chi connectivity index (χ2n) is 5.05. The summed E-state index contributed by atoms with van der Waals surface area (Å²) in [5.74, 6) is 0.666. The number of rotatable bonds is 7. The number of hydrogen-bond donors (Lipinski definition) is 1. The molecule has 0 aromatic heterocycles. The Morgan fingerprint density at radius 3 is 2.50 bits per heavy atom. The number of carbonyl (C=O) groups excluding carboxylic acids is 1. The van der Waals surface area contributed by atoms with E-state index in [1.165, 1.54) is 7.11 Å². The van der Waals surface area contributed by atoms with Crippen molar-refractivity contribution in [3.63, 3.8) is 0 Å². The molecule has 0 aliphatic carbocycles. The van der Waals surface area contributed by atoms with Crippen molar-refractivity contribution in [3.8, 4) is 11.5 Å². The molecule has 0 atom stereocenters. The van der Waals surface area contributed by atoms with Crippen molar-refractivity contribution in [1.82, 2.24) is 5.32 Å². The molecule has 0 aliphatic heterocycles. The molecule has 0 radical (unpaired) electrons. The summed E-state index contributed by atoms with van der Waals surface area (Å²) in [6.45, 7) is 2.82. The molecule has 0 bridgehead atoms. The monoisotopic (exact) mass is 367 g/mol. The summed E-state index contributed by atoms with van der Waals surface area (Å²) in [4.78, 5) is 12.3. The van der Waals surface area contributed by atoms with Gasteiger partial charge in [0.05, 0.1) is 18.7 Å². The second kappa shape index (κ2) is 8.81. The van der Waals surface area contributed by atoms with E-state index in [0.29, 0.717) is 46.7 Å². The van der Waals surface area contributed by atoms with Crippen molar-refractivity contribution in [2.45, 2.75) is 13.3 Å². The molecule has 1 amide bonds. The highest BCUT2D eigenvalue weighted by atomic mass is 35.5. The van der Waals surface area contributed by atoms with E-state index in [1.807, 2.05) is 31.2 Å². The SMILES string of the molecule is CCOc1c(Cl)cc(C(=O)NCCc2ccc(Cl)cc2)cc1OC. The lowest BCUT2D eigenvalue weighted by Gasteiger charge is -2.13. The lowest BCUT2D eigenvalue weighted by molar-refractivity contribution is 0.0953. The minimum Gasteiger partial charge on any atom is -0.493 e. The standard InChI is InChI=1S/C18H19Cl2NO3/c1-3-24-17-15(20)10-13(11-16(17)23-2)18(22)21-9-8-12-4-6-14(19)7-5-12/h4-7,10-11H,3,8-9H2,1-2H3,(H,21,22). The van der Waals surface area contributed by atoms with Gasteiger partial charge in [0.2, 0.25) is 0 Å². The largest absolute Gasteiger partial charge is 0.493 e. The third kappa shape index (κ3) is 4.79. The summed E-state index contributed by atoms with van der Waals surface area (Å²) in [7, 11) is 1.51. The zero-order valence-electron chi connectivity index (χ0n) is 13.6. The van der Waals surface area contributed by atoms with Crippen molar-refractivity contribution < 1.29 is 14.3 Å². The lowest BCUT2D eigenvalue weighted by Crippen LogP contribution is -2.25. The smallest absolute Gasteiger partial charge is 0.251 e. The minimum atomic E-state index is -0.216. The molecular weight excluding hydrogens is 349 g/mol. The lowest BCUT2D eigenvalue weighted by atomic mass is 10.1. The van der Waals surface area contributed by atoms with Crippen LogP contribution in [0.4, 0.5) is 0 Å². The zero-order valence-corrected chi connectivity index (χ0v) is 15.1. The van der Waals surface area contributed by atoms with E-state index in [9.17, 15) is 4.79 Å². The average Bonchev–Trinajstić information content (AvgIpc) is 2.58. The van der Waals surface area contributed by atoms with Gasteiger partial charge >= 0.3 is 0 Å². The van der Waals surface area contributed by atoms with Crippen LogP contribution in [0.25, 0.3) is 0 Å². The van der Waals surface area contributed by atoms with Gasteiger partial charge in [-0.05, 0) is 43.2 Å². The first kappa shape index (κ1) is 18.4. The van der Waals surface area contributed by atoms with Gasteiger partial charge in [0, 0.05) is 17.1 Å². The van der Waals surface area contributed by atoms with Crippen LogP contribution < -0.4 is 14.8 Å². The van der Waals surface area contributed by atoms with E-state index in [0.717, 1.165) is 5.56 Å². The Labute approximate surface area is 151 Å². The van der Waals surface area contributed by atoms with E-state index in [-0.39, 0.29) is 5.91 Å². The highest BCUT2D eigenvalue weighted by Crippen LogP contribution is 2.36. The number of ether oxygens (including phenoxy) is 2. The normalized spacial score (nSPS) is 10.3. The average molecular weight is 368 g/mol. The maximum atomic E-state index is 12.3. The highest BCUT2D eigenvalue weighted by molar-refractivity contribution is 6.32. The number of methoxy groups -OCH3 is 1. The first-order valence-electron chi connectivity index (χ1n) is 7.58. The maximum absolute atomic E-state index is 12.3. The Morgan fingerprint density at radius 1 is 1.17 bits per heavy atom. The van der Waals surface area contributed by atoms with Gasteiger partial charge in [-0.1, -0.05) is 35.3 Å². The number of halogens is 2. The molecule has 6 heteroatoms. The van der Waals surface area contributed by atoms with Crippen LogP contribution in [0.5, 0.6) is 11.5 Å². The summed E-state index contributed by atoms with van der Waals surface area (Å²) in [6.07, 6.45) is 0.713. The molecule has 2 rings (SSSR count). The van der Waals surface area contributed by atoms with E-state index >= 15 is 0 Å². The van der Waals surface area contributed by atoms with E-state index in [4.69, 9.17) is 32.7 Å². The van der Waals surface area contributed by atoms with Gasteiger partial charge in [0.15, 0.2) is 11.5 Å². The molecule has 2 aromatic rings. The van der Waals surface area contributed by atoms with Gasteiger partial charge < -0.3 is 14.8 Å². The predicted molar refractivity (Wildman–Crippen MR) is 96.7 cm³/mol. The van der Waals surface area contributed by atoms with Gasteiger partial charge in [-0.15, -0.1) is 0 Å².